The summed E-state index contributed by atoms with van der Waals surface area (Å²) in [4.78, 5) is 14.9. The number of rotatable bonds is 2. The molecular weight excluding hydrogens is 232 g/mol. The second-order valence-corrected chi connectivity index (χ2v) is 3.43. The van der Waals surface area contributed by atoms with E-state index in [2.05, 4.69) is 25.1 Å². The van der Waals surface area contributed by atoms with Crippen LogP contribution in [0.2, 0.25) is 0 Å². The lowest BCUT2D eigenvalue weighted by Gasteiger charge is -1.88. The van der Waals surface area contributed by atoms with Crippen molar-refractivity contribution in [3.63, 3.8) is 0 Å². The molecule has 3 aromatic heterocycles. The van der Waals surface area contributed by atoms with E-state index in [0.717, 1.165) is 0 Å². The predicted molar refractivity (Wildman–Crippen MR) is 59.8 cm³/mol. The normalized spacial score (nSPS) is 10.2. The Morgan fingerprint density at radius 1 is 1.39 bits per heavy atom. The summed E-state index contributed by atoms with van der Waals surface area (Å²) in [5.41, 5.74) is 1.68. The van der Waals surface area contributed by atoms with Crippen LogP contribution in [0.5, 0.6) is 0 Å². The molecule has 0 aliphatic heterocycles. The summed E-state index contributed by atoms with van der Waals surface area (Å²) in [6.45, 7) is 0. The molecule has 0 saturated carbocycles. The quantitative estimate of drug-likeness (QED) is 0.723. The van der Waals surface area contributed by atoms with Crippen LogP contribution in [0, 0.1) is 11.3 Å². The van der Waals surface area contributed by atoms with Gasteiger partial charge in [-0.2, -0.15) is 10.2 Å². The van der Waals surface area contributed by atoms with Gasteiger partial charge in [-0.15, -0.1) is 0 Å². The molecule has 0 amide bonds. The minimum absolute atomic E-state index is 0.310. The van der Waals surface area contributed by atoms with Gasteiger partial charge in [-0.05, 0) is 12.1 Å². The van der Waals surface area contributed by atoms with Gasteiger partial charge in [-0.25, -0.2) is 9.97 Å². The largest absolute Gasteiger partial charge is 0.356 e. The maximum Gasteiger partial charge on any atom is 0.274 e. The number of aromatic nitrogens is 5. The van der Waals surface area contributed by atoms with Gasteiger partial charge in [0.25, 0.3) is 5.89 Å². The fraction of sp³-hybridized carbons (Fsp3) is 0. The maximum atomic E-state index is 8.73. The maximum absolute atomic E-state index is 8.73. The summed E-state index contributed by atoms with van der Waals surface area (Å²) in [5.74, 6) is 0.686. The van der Waals surface area contributed by atoms with E-state index in [4.69, 9.17) is 9.78 Å². The third-order valence-electron chi connectivity index (χ3n) is 2.28. The highest BCUT2D eigenvalue weighted by molar-refractivity contribution is 5.55. The first-order valence-electron chi connectivity index (χ1n) is 5.06. The van der Waals surface area contributed by atoms with Crippen molar-refractivity contribution in [1.29, 1.82) is 5.26 Å². The molecule has 0 aliphatic carbocycles. The molecule has 0 aliphatic rings. The van der Waals surface area contributed by atoms with Gasteiger partial charge in [0.15, 0.2) is 0 Å². The van der Waals surface area contributed by atoms with Gasteiger partial charge in [0.1, 0.15) is 23.8 Å². The molecule has 3 heterocycles. The molecule has 0 atom stereocenters. The van der Waals surface area contributed by atoms with E-state index >= 15 is 0 Å². The zero-order valence-corrected chi connectivity index (χ0v) is 9.03. The van der Waals surface area contributed by atoms with E-state index in [0.29, 0.717) is 28.7 Å². The Kier molecular flexibility index (Phi) is 2.32. The van der Waals surface area contributed by atoms with Crippen molar-refractivity contribution < 1.29 is 4.52 Å². The first kappa shape index (κ1) is 10.2. The third-order valence-corrected chi connectivity index (χ3v) is 2.28. The highest BCUT2D eigenvalue weighted by Crippen LogP contribution is 2.20. The Morgan fingerprint density at radius 2 is 2.33 bits per heavy atom. The van der Waals surface area contributed by atoms with Crippen molar-refractivity contribution >= 4 is 0 Å². The molecule has 0 bridgehead atoms. The number of nitrogens with zero attached hydrogens (tertiary/aromatic N) is 5. The summed E-state index contributed by atoms with van der Waals surface area (Å²) >= 11 is 0. The first-order valence-corrected chi connectivity index (χ1v) is 5.06. The van der Waals surface area contributed by atoms with Gasteiger partial charge in [-0.1, -0.05) is 5.16 Å². The molecule has 0 saturated heterocycles. The Labute approximate surface area is 101 Å². The minimum atomic E-state index is 0.310. The molecule has 0 fully saturated rings. The van der Waals surface area contributed by atoms with E-state index in [-0.39, 0.29) is 0 Å². The van der Waals surface area contributed by atoms with Crippen LogP contribution in [0.4, 0.5) is 0 Å². The molecule has 18 heavy (non-hydrogen) atoms. The zero-order chi connectivity index (χ0) is 12.4. The smallest absolute Gasteiger partial charge is 0.274 e. The monoisotopic (exact) mass is 238 g/mol. The molecule has 3 rings (SSSR count). The number of nitrogens with one attached hydrogen (secondary N) is 1. The minimum Gasteiger partial charge on any atom is -0.356 e. The van der Waals surface area contributed by atoms with E-state index in [1.54, 1.807) is 24.5 Å². The fourth-order valence-electron chi connectivity index (χ4n) is 1.44. The summed E-state index contributed by atoms with van der Waals surface area (Å²) in [6, 6.07) is 5.33. The molecule has 0 spiro atoms. The van der Waals surface area contributed by atoms with Crippen molar-refractivity contribution in [2.45, 2.75) is 0 Å². The van der Waals surface area contributed by atoms with Crippen LogP contribution >= 0.6 is 0 Å². The molecule has 7 heteroatoms. The molecule has 7 nitrogen and oxygen atoms in total. The third kappa shape index (κ3) is 1.72. The SMILES string of the molecule is N#Cc1c[nH]c(-c2nc(-c3ccncn3)no2)c1. The van der Waals surface area contributed by atoms with Crippen molar-refractivity contribution in [3.05, 3.63) is 36.4 Å². The Hall–Kier alpha value is -3.01. The van der Waals surface area contributed by atoms with E-state index in [1.807, 2.05) is 6.07 Å². The van der Waals surface area contributed by atoms with E-state index < -0.39 is 0 Å². The Bertz CT molecular complexity index is 708. The van der Waals surface area contributed by atoms with Crippen LogP contribution < -0.4 is 0 Å². The summed E-state index contributed by atoms with van der Waals surface area (Å²) in [7, 11) is 0. The molecule has 86 valence electrons. The Balaban J connectivity index is 1.97. The first-order chi connectivity index (χ1) is 8.86. The molecule has 3 aromatic rings. The van der Waals surface area contributed by atoms with Crippen LogP contribution in [0.1, 0.15) is 5.56 Å². The lowest BCUT2D eigenvalue weighted by atomic mass is 10.3. The predicted octanol–water partition coefficient (Wildman–Crippen LogP) is 1.39. The lowest BCUT2D eigenvalue weighted by molar-refractivity contribution is 0.431. The average molecular weight is 238 g/mol. The second-order valence-electron chi connectivity index (χ2n) is 3.43. The highest BCUT2D eigenvalue weighted by atomic mass is 16.5. The molecular formula is C11H6N6O. The number of hydrogen-bond acceptors (Lipinski definition) is 6. The highest BCUT2D eigenvalue weighted by Gasteiger charge is 2.12. The molecule has 0 aromatic carbocycles. The summed E-state index contributed by atoms with van der Waals surface area (Å²) in [6.07, 6.45) is 4.58. The van der Waals surface area contributed by atoms with Crippen LogP contribution in [0.3, 0.4) is 0 Å². The summed E-state index contributed by atoms with van der Waals surface area (Å²) in [5, 5.41) is 12.5. The lowest BCUT2D eigenvalue weighted by Crippen LogP contribution is -1.85. The van der Waals surface area contributed by atoms with Crippen molar-refractivity contribution in [2.24, 2.45) is 0 Å². The van der Waals surface area contributed by atoms with Crippen LogP contribution in [0.25, 0.3) is 23.1 Å². The van der Waals surface area contributed by atoms with Crippen molar-refractivity contribution in [1.82, 2.24) is 25.1 Å². The van der Waals surface area contributed by atoms with Crippen molar-refractivity contribution in [2.75, 3.05) is 0 Å². The number of H-pyrrole nitrogens is 1. The Morgan fingerprint density at radius 3 is 3.06 bits per heavy atom. The van der Waals surface area contributed by atoms with Crippen LogP contribution in [0.15, 0.2) is 35.4 Å². The van der Waals surface area contributed by atoms with E-state index in [1.165, 1.54) is 6.33 Å². The van der Waals surface area contributed by atoms with Gasteiger partial charge in [0, 0.05) is 12.4 Å². The van der Waals surface area contributed by atoms with Crippen LogP contribution in [-0.2, 0) is 0 Å². The van der Waals surface area contributed by atoms with Crippen molar-refractivity contribution in [3.8, 4) is 29.2 Å². The standard InChI is InChI=1S/C11H6N6O/c12-4-7-3-9(14-5-7)11-16-10(17-18-11)8-1-2-13-6-15-8/h1-3,5-6,14H. The fourth-order valence-corrected chi connectivity index (χ4v) is 1.44. The molecule has 1 N–H and O–H groups in total. The van der Waals surface area contributed by atoms with Gasteiger partial charge in [-0.3, -0.25) is 0 Å². The van der Waals surface area contributed by atoms with Gasteiger partial charge in [0.2, 0.25) is 5.82 Å². The van der Waals surface area contributed by atoms with Gasteiger partial charge >= 0.3 is 0 Å². The van der Waals surface area contributed by atoms with E-state index in [9.17, 15) is 0 Å². The average Bonchev–Trinajstić information content (AvgIpc) is 3.08. The summed E-state index contributed by atoms with van der Waals surface area (Å²) < 4.78 is 5.10. The zero-order valence-electron chi connectivity index (χ0n) is 9.03. The molecule has 0 radical (unpaired) electrons. The topological polar surface area (TPSA) is 104 Å². The van der Waals surface area contributed by atoms with Gasteiger partial charge in [0.05, 0.1) is 5.56 Å². The molecule has 0 unspecified atom stereocenters. The number of nitriles is 1. The number of aromatic amines is 1. The number of hydrogen-bond donors (Lipinski definition) is 1. The van der Waals surface area contributed by atoms with Gasteiger partial charge < -0.3 is 9.51 Å². The second kappa shape index (κ2) is 4.10. The van der Waals surface area contributed by atoms with Crippen LogP contribution in [-0.4, -0.2) is 25.1 Å².